The minimum atomic E-state index is -0.468. The summed E-state index contributed by atoms with van der Waals surface area (Å²) in [5.74, 6) is -0.751. The van der Waals surface area contributed by atoms with Gasteiger partial charge in [-0.15, -0.1) is 0 Å². The monoisotopic (exact) mass is 314 g/mol. The molecule has 1 saturated heterocycles. The van der Waals surface area contributed by atoms with Crippen LogP contribution in [-0.2, 0) is 6.54 Å². The van der Waals surface area contributed by atoms with Crippen LogP contribution in [0.1, 0.15) is 22.1 Å². The van der Waals surface area contributed by atoms with E-state index in [1.165, 1.54) is 18.5 Å². The molecule has 0 bridgehead atoms. The number of carbonyl (C=O) groups is 1. The molecule has 4 rings (SSSR count). The second kappa shape index (κ2) is 5.17. The highest BCUT2D eigenvalue weighted by atomic mass is 19.1. The highest BCUT2D eigenvalue weighted by molar-refractivity contribution is 5.92. The van der Waals surface area contributed by atoms with Gasteiger partial charge in [-0.1, -0.05) is 0 Å². The van der Waals surface area contributed by atoms with Crippen molar-refractivity contribution in [3.63, 3.8) is 0 Å². The molecule has 1 aliphatic rings. The molecule has 0 aromatic carbocycles. The quantitative estimate of drug-likeness (QED) is 0.773. The van der Waals surface area contributed by atoms with E-state index in [1.54, 1.807) is 21.3 Å². The Kier molecular flexibility index (Phi) is 3.12. The molecule has 0 saturated carbocycles. The summed E-state index contributed by atoms with van der Waals surface area (Å²) in [5, 5.41) is 4.17. The zero-order chi connectivity index (χ0) is 16.0. The van der Waals surface area contributed by atoms with Gasteiger partial charge in [-0.25, -0.2) is 9.37 Å². The molecule has 23 heavy (non-hydrogen) atoms. The Morgan fingerprint density at radius 2 is 2.13 bits per heavy atom. The summed E-state index contributed by atoms with van der Waals surface area (Å²) in [6.45, 7) is 2.34. The summed E-state index contributed by atoms with van der Waals surface area (Å²) in [6.07, 6.45) is 6.42. The van der Waals surface area contributed by atoms with Gasteiger partial charge in [0.05, 0.1) is 23.5 Å². The Balaban J connectivity index is 1.40. The molecular weight excluding hydrogens is 299 g/mol. The lowest BCUT2D eigenvalue weighted by Crippen LogP contribution is -2.47. The normalized spacial score (nSPS) is 15.9. The molecule has 2 N–H and O–H groups in total. The Hall–Kier alpha value is -2.74. The third-order valence-electron chi connectivity index (χ3n) is 4.05. The minimum Gasteiger partial charge on any atom is -0.366 e. The number of likely N-dealkylation sites (tertiary alicyclic amines) is 1. The number of hydrogen-bond donors (Lipinski definition) is 1. The Morgan fingerprint density at radius 3 is 2.87 bits per heavy atom. The van der Waals surface area contributed by atoms with Gasteiger partial charge in [0.1, 0.15) is 11.5 Å². The number of nitrogens with zero attached hydrogens (tertiary/aromatic N) is 5. The van der Waals surface area contributed by atoms with Crippen molar-refractivity contribution in [2.75, 3.05) is 13.1 Å². The van der Waals surface area contributed by atoms with E-state index < -0.39 is 5.91 Å². The molecule has 0 atom stereocenters. The molecule has 7 nitrogen and oxygen atoms in total. The molecule has 8 heteroatoms. The molecule has 1 fully saturated rings. The summed E-state index contributed by atoms with van der Waals surface area (Å²) in [4.78, 5) is 17.8. The van der Waals surface area contributed by atoms with E-state index in [0.717, 1.165) is 24.4 Å². The van der Waals surface area contributed by atoms with Crippen LogP contribution in [0.5, 0.6) is 0 Å². The summed E-state index contributed by atoms with van der Waals surface area (Å²) in [7, 11) is 0. The van der Waals surface area contributed by atoms with Crippen LogP contribution < -0.4 is 5.73 Å². The van der Waals surface area contributed by atoms with Gasteiger partial charge in [-0.05, 0) is 12.1 Å². The largest absolute Gasteiger partial charge is 0.366 e. The number of primary amides is 1. The zero-order valence-corrected chi connectivity index (χ0v) is 12.3. The number of rotatable bonds is 4. The predicted molar refractivity (Wildman–Crippen MR) is 80.2 cm³/mol. The first-order valence-corrected chi connectivity index (χ1v) is 7.28. The number of carbonyl (C=O) groups excluding carboxylic acids is 1. The molecule has 1 aliphatic heterocycles. The van der Waals surface area contributed by atoms with Crippen molar-refractivity contribution in [2.24, 2.45) is 5.73 Å². The van der Waals surface area contributed by atoms with Gasteiger partial charge >= 0.3 is 0 Å². The fourth-order valence-electron chi connectivity index (χ4n) is 2.83. The minimum absolute atomic E-state index is 0.234. The topological polar surface area (TPSA) is 81.5 Å². The number of pyridine rings is 1. The highest BCUT2D eigenvalue weighted by Crippen LogP contribution is 2.23. The van der Waals surface area contributed by atoms with Crippen molar-refractivity contribution in [1.82, 2.24) is 24.1 Å². The number of hydrogen-bond acceptors (Lipinski definition) is 4. The highest BCUT2D eigenvalue weighted by Gasteiger charge is 2.29. The molecule has 0 spiro atoms. The van der Waals surface area contributed by atoms with Crippen molar-refractivity contribution in [1.29, 1.82) is 0 Å². The van der Waals surface area contributed by atoms with Crippen LogP contribution in [0.25, 0.3) is 5.65 Å². The first-order chi connectivity index (χ1) is 11.1. The fraction of sp³-hybridized carbons (Fsp3) is 0.267. The van der Waals surface area contributed by atoms with Crippen molar-refractivity contribution >= 4 is 11.6 Å². The maximum Gasteiger partial charge on any atom is 0.251 e. The third-order valence-corrected chi connectivity index (χ3v) is 4.05. The van der Waals surface area contributed by atoms with Gasteiger partial charge in [0, 0.05) is 38.2 Å². The summed E-state index contributed by atoms with van der Waals surface area (Å²) >= 11 is 0. The Morgan fingerprint density at radius 1 is 1.30 bits per heavy atom. The Labute approximate surface area is 131 Å². The van der Waals surface area contributed by atoms with Crippen molar-refractivity contribution in [3.8, 4) is 0 Å². The van der Waals surface area contributed by atoms with E-state index in [0.29, 0.717) is 12.1 Å². The molecule has 3 aromatic heterocycles. The Bertz CT molecular complexity index is 879. The fourth-order valence-corrected chi connectivity index (χ4v) is 2.83. The number of amides is 1. The van der Waals surface area contributed by atoms with Gasteiger partial charge in [-0.3, -0.25) is 14.4 Å². The van der Waals surface area contributed by atoms with Crippen molar-refractivity contribution < 1.29 is 9.18 Å². The average Bonchev–Trinajstić information content (AvgIpc) is 3.08. The predicted octanol–water partition coefficient (Wildman–Crippen LogP) is 0.826. The van der Waals surface area contributed by atoms with Crippen LogP contribution >= 0.6 is 0 Å². The number of nitrogens with two attached hydrogens (primary N) is 1. The zero-order valence-electron chi connectivity index (χ0n) is 12.3. The van der Waals surface area contributed by atoms with E-state index in [1.807, 2.05) is 6.20 Å². The third kappa shape index (κ3) is 2.57. The maximum atomic E-state index is 13.2. The smallest absolute Gasteiger partial charge is 0.251 e. The lowest BCUT2D eigenvalue weighted by Gasteiger charge is -2.38. The van der Waals surface area contributed by atoms with E-state index in [-0.39, 0.29) is 11.9 Å². The second-order valence-electron chi connectivity index (χ2n) is 5.77. The van der Waals surface area contributed by atoms with E-state index >= 15 is 0 Å². The van der Waals surface area contributed by atoms with Crippen LogP contribution in [-0.4, -0.2) is 43.1 Å². The first-order valence-electron chi connectivity index (χ1n) is 7.28. The average molecular weight is 314 g/mol. The summed E-state index contributed by atoms with van der Waals surface area (Å²) < 4.78 is 16.6. The number of imidazole rings is 1. The maximum absolute atomic E-state index is 13.2. The van der Waals surface area contributed by atoms with Gasteiger partial charge in [0.2, 0.25) is 0 Å². The van der Waals surface area contributed by atoms with E-state index in [2.05, 4.69) is 15.0 Å². The number of aromatic nitrogens is 4. The van der Waals surface area contributed by atoms with Crippen LogP contribution in [0.2, 0.25) is 0 Å². The SMILES string of the molecule is NC(=O)c1cnn(C2CN(Cc3cn4cc(F)ccc4n3)C2)c1. The van der Waals surface area contributed by atoms with Crippen LogP contribution in [0.3, 0.4) is 0 Å². The standard InChI is InChI=1S/C15H15FN6O/c16-11-1-2-14-19-12(7-21(14)5-11)6-20-8-13(9-20)22-4-10(3-18-22)15(17)23/h1-5,7,13H,6,8-9H2,(H2,17,23). The number of fused-ring (bicyclic) bond motifs is 1. The molecule has 0 unspecified atom stereocenters. The van der Waals surface area contributed by atoms with Gasteiger partial charge in [-0.2, -0.15) is 5.10 Å². The molecule has 3 aromatic rings. The van der Waals surface area contributed by atoms with E-state index in [9.17, 15) is 9.18 Å². The van der Waals surface area contributed by atoms with Gasteiger partial charge in [0.25, 0.3) is 5.91 Å². The number of halogens is 1. The lowest BCUT2D eigenvalue weighted by atomic mass is 10.1. The van der Waals surface area contributed by atoms with Crippen molar-refractivity contribution in [2.45, 2.75) is 12.6 Å². The van der Waals surface area contributed by atoms with E-state index in [4.69, 9.17) is 5.73 Å². The summed E-state index contributed by atoms with van der Waals surface area (Å²) in [6, 6.07) is 3.30. The molecule has 4 heterocycles. The van der Waals surface area contributed by atoms with Crippen LogP contribution in [0, 0.1) is 5.82 Å². The molecule has 0 aliphatic carbocycles. The molecule has 0 radical (unpaired) electrons. The molecule has 118 valence electrons. The van der Waals surface area contributed by atoms with Gasteiger partial charge in [0.15, 0.2) is 0 Å². The second-order valence-corrected chi connectivity index (χ2v) is 5.77. The molecule has 1 amide bonds. The van der Waals surface area contributed by atoms with Crippen LogP contribution in [0.4, 0.5) is 4.39 Å². The lowest BCUT2D eigenvalue weighted by molar-refractivity contribution is 0.0895. The first kappa shape index (κ1) is 13.9. The summed E-state index contributed by atoms with van der Waals surface area (Å²) in [5.41, 5.74) is 7.27. The van der Waals surface area contributed by atoms with Gasteiger partial charge < -0.3 is 10.1 Å². The van der Waals surface area contributed by atoms with Crippen molar-refractivity contribution in [3.05, 3.63) is 54.0 Å². The molecular formula is C15H15FN6O. The van der Waals surface area contributed by atoms with Crippen LogP contribution in [0.15, 0.2) is 36.9 Å².